The summed E-state index contributed by atoms with van der Waals surface area (Å²) in [5.41, 5.74) is 1.84. The zero-order valence-electron chi connectivity index (χ0n) is 25.0. The van der Waals surface area contributed by atoms with Crippen LogP contribution in [0.25, 0.3) is 32.3 Å². The number of methoxy groups -OCH3 is 2. The first-order valence-electron chi connectivity index (χ1n) is 15.4. The van der Waals surface area contributed by atoms with E-state index in [0.29, 0.717) is 5.75 Å². The second kappa shape index (κ2) is 13.6. The predicted octanol–water partition coefficient (Wildman–Crippen LogP) is 8.19. The Morgan fingerprint density at radius 3 is 1.88 bits per heavy atom. The van der Waals surface area contributed by atoms with E-state index in [2.05, 4.69) is 48.5 Å². The van der Waals surface area contributed by atoms with Crippen LogP contribution in [0.5, 0.6) is 17.2 Å². The Hall–Kier alpha value is -3.31. The van der Waals surface area contributed by atoms with Crippen LogP contribution in [-0.2, 0) is 0 Å². The van der Waals surface area contributed by atoms with E-state index in [4.69, 9.17) is 24.2 Å². The normalized spacial score (nSPS) is 15.7. The Morgan fingerprint density at radius 2 is 1.26 bits per heavy atom. The number of benzene rings is 5. The molecule has 7 heteroatoms. The van der Waals surface area contributed by atoms with E-state index < -0.39 is 7.32 Å². The Morgan fingerprint density at radius 1 is 0.628 bits per heavy atom. The SMILES string of the molecule is COc1ccc(P(C2CCCC2)C2CCCC2)c(OC)c1.OB(O)Oc1cccc2ccc3cc4ccccc4cc3c12. The minimum Gasteiger partial charge on any atom is -0.511 e. The summed E-state index contributed by atoms with van der Waals surface area (Å²) in [5.74, 6) is 2.43. The third-order valence-electron chi connectivity index (χ3n) is 9.02. The Kier molecular flexibility index (Phi) is 9.38. The lowest BCUT2D eigenvalue weighted by molar-refractivity contribution is 0.289. The summed E-state index contributed by atoms with van der Waals surface area (Å²) < 4.78 is 16.3. The number of hydrogen-bond donors (Lipinski definition) is 2. The second-order valence-corrected chi connectivity index (χ2v) is 14.4. The lowest BCUT2D eigenvalue weighted by Crippen LogP contribution is -2.20. The zero-order valence-corrected chi connectivity index (χ0v) is 25.9. The van der Waals surface area contributed by atoms with Gasteiger partial charge in [-0.1, -0.05) is 82.1 Å². The molecule has 2 N–H and O–H groups in total. The van der Waals surface area contributed by atoms with Gasteiger partial charge in [-0.25, -0.2) is 0 Å². The molecule has 0 bridgehead atoms. The van der Waals surface area contributed by atoms with Crippen LogP contribution in [0.1, 0.15) is 51.4 Å². The molecule has 0 amide bonds. The van der Waals surface area contributed by atoms with Crippen LogP contribution in [0, 0.1) is 0 Å². The van der Waals surface area contributed by atoms with Gasteiger partial charge in [0.2, 0.25) is 0 Å². The van der Waals surface area contributed by atoms with Crippen molar-refractivity contribution in [3.63, 3.8) is 0 Å². The molecule has 43 heavy (non-hydrogen) atoms. The van der Waals surface area contributed by atoms with Crippen molar-refractivity contribution in [2.24, 2.45) is 0 Å². The first kappa shape index (κ1) is 29.8. The highest BCUT2D eigenvalue weighted by Crippen LogP contribution is 2.57. The van der Waals surface area contributed by atoms with Crippen LogP contribution >= 0.6 is 7.92 Å². The molecule has 222 valence electrons. The van der Waals surface area contributed by atoms with Crippen molar-refractivity contribution in [2.45, 2.75) is 62.7 Å². The van der Waals surface area contributed by atoms with E-state index >= 15 is 0 Å². The summed E-state index contributed by atoms with van der Waals surface area (Å²) in [4.78, 5) is 0. The first-order chi connectivity index (χ1) is 21.1. The summed E-state index contributed by atoms with van der Waals surface area (Å²) in [5, 5.41) is 26.1. The second-order valence-electron chi connectivity index (χ2n) is 11.6. The van der Waals surface area contributed by atoms with Crippen LogP contribution in [0.4, 0.5) is 0 Å². The van der Waals surface area contributed by atoms with E-state index in [9.17, 15) is 0 Å². The van der Waals surface area contributed by atoms with Crippen molar-refractivity contribution in [2.75, 3.05) is 14.2 Å². The van der Waals surface area contributed by atoms with E-state index in [-0.39, 0.29) is 7.92 Å². The molecule has 0 aliphatic heterocycles. The van der Waals surface area contributed by atoms with E-state index in [1.165, 1.54) is 62.1 Å². The van der Waals surface area contributed by atoms with Gasteiger partial charge in [0, 0.05) is 16.8 Å². The zero-order chi connectivity index (χ0) is 29.8. The first-order valence-corrected chi connectivity index (χ1v) is 16.9. The fourth-order valence-corrected chi connectivity index (χ4v) is 10.9. The molecule has 0 atom stereocenters. The summed E-state index contributed by atoms with van der Waals surface area (Å²) in [6, 6.07) is 28.6. The van der Waals surface area contributed by atoms with Gasteiger partial charge in [0.05, 0.1) is 14.2 Å². The van der Waals surface area contributed by atoms with Gasteiger partial charge in [0.15, 0.2) is 0 Å². The molecular formula is C36H40BO5P. The molecule has 0 unspecified atom stereocenters. The summed E-state index contributed by atoms with van der Waals surface area (Å²) in [7, 11) is 1.61. The van der Waals surface area contributed by atoms with E-state index in [1.54, 1.807) is 20.3 Å². The molecule has 2 aliphatic carbocycles. The molecule has 0 saturated heterocycles. The molecule has 0 aromatic heterocycles. The quantitative estimate of drug-likeness (QED) is 0.0861. The van der Waals surface area contributed by atoms with Crippen LogP contribution in [0.2, 0.25) is 0 Å². The van der Waals surface area contributed by atoms with Gasteiger partial charge in [0.25, 0.3) is 0 Å². The molecule has 2 aliphatic rings. The standard InChI is InChI=1S/C18H13BO3.C18H27O2P/c20-19(21)22-17-7-3-6-12-8-9-15-10-13-4-1-2-5-14(13)11-16(15)18(12)17;1-19-14-11-12-18(17(13-14)20-2)21(15-7-3-4-8-15)16-9-5-6-10-16/h1-11,20-21H;11-13,15-16H,3-10H2,1-2H3. The molecular weight excluding hydrogens is 554 g/mol. The van der Waals surface area contributed by atoms with E-state index in [1.807, 2.05) is 30.3 Å². The third-order valence-corrected chi connectivity index (χ3v) is 12.6. The highest BCUT2D eigenvalue weighted by atomic mass is 31.1. The number of fused-ring (bicyclic) bond motifs is 4. The maximum atomic E-state index is 9.14. The van der Waals surface area contributed by atoms with Gasteiger partial charge >= 0.3 is 7.32 Å². The number of hydrogen-bond acceptors (Lipinski definition) is 5. The van der Waals surface area contributed by atoms with Gasteiger partial charge < -0.3 is 24.2 Å². The molecule has 5 nitrogen and oxygen atoms in total. The van der Waals surface area contributed by atoms with Crippen molar-refractivity contribution in [3.05, 3.63) is 84.9 Å². The minimum atomic E-state index is -1.83. The molecule has 5 aromatic carbocycles. The highest BCUT2D eigenvalue weighted by molar-refractivity contribution is 7.67. The third kappa shape index (κ3) is 6.48. The number of rotatable bonds is 7. The van der Waals surface area contributed by atoms with Crippen molar-refractivity contribution < 1.29 is 24.2 Å². The average Bonchev–Trinajstić information content (AvgIpc) is 3.76. The van der Waals surface area contributed by atoms with E-state index in [0.717, 1.165) is 49.7 Å². The molecule has 5 aromatic rings. The van der Waals surface area contributed by atoms with Gasteiger partial charge in [-0.2, -0.15) is 0 Å². The lowest BCUT2D eigenvalue weighted by atomic mass is 9.97. The molecule has 2 saturated carbocycles. The van der Waals surface area contributed by atoms with Gasteiger partial charge in [-0.15, -0.1) is 0 Å². The molecule has 2 fully saturated rings. The smallest absolute Gasteiger partial charge is 0.511 e. The molecule has 0 radical (unpaired) electrons. The highest BCUT2D eigenvalue weighted by Gasteiger charge is 2.35. The van der Waals surface area contributed by atoms with Crippen molar-refractivity contribution in [1.82, 2.24) is 0 Å². The molecule has 0 heterocycles. The number of ether oxygens (including phenoxy) is 2. The summed E-state index contributed by atoms with van der Waals surface area (Å²) in [6.45, 7) is 0. The van der Waals surface area contributed by atoms with Gasteiger partial charge in [-0.05, 0) is 94.3 Å². The van der Waals surface area contributed by atoms with Crippen molar-refractivity contribution >= 4 is 52.9 Å². The van der Waals surface area contributed by atoms with Gasteiger partial charge in [-0.3, -0.25) is 0 Å². The predicted molar refractivity (Wildman–Crippen MR) is 180 cm³/mol. The van der Waals surface area contributed by atoms with Crippen molar-refractivity contribution in [3.8, 4) is 17.2 Å². The monoisotopic (exact) mass is 594 g/mol. The van der Waals surface area contributed by atoms with Crippen molar-refractivity contribution in [1.29, 1.82) is 0 Å². The topological polar surface area (TPSA) is 68.2 Å². The Labute approximate surface area is 255 Å². The lowest BCUT2D eigenvalue weighted by Gasteiger charge is -2.31. The maximum Gasteiger partial charge on any atom is 0.707 e. The summed E-state index contributed by atoms with van der Waals surface area (Å²) >= 11 is 0. The Bertz CT molecular complexity index is 1680. The fourth-order valence-electron chi connectivity index (χ4n) is 7.03. The largest absolute Gasteiger partial charge is 0.707 e. The van der Waals surface area contributed by atoms with Crippen LogP contribution in [0.3, 0.4) is 0 Å². The molecule has 7 rings (SSSR count). The Balaban J connectivity index is 0.000000153. The maximum absolute atomic E-state index is 9.14. The minimum absolute atomic E-state index is 0.0826. The molecule has 0 spiro atoms. The van der Waals surface area contributed by atoms with Crippen LogP contribution in [0.15, 0.2) is 84.9 Å². The van der Waals surface area contributed by atoms with Crippen LogP contribution in [-0.4, -0.2) is 42.9 Å². The summed E-state index contributed by atoms with van der Waals surface area (Å²) in [6.07, 6.45) is 11.4. The average molecular weight is 594 g/mol. The van der Waals surface area contributed by atoms with Crippen LogP contribution < -0.4 is 19.4 Å². The fraction of sp³-hybridized carbons (Fsp3) is 0.333. The van der Waals surface area contributed by atoms with Gasteiger partial charge in [0.1, 0.15) is 17.2 Å².